The van der Waals surface area contributed by atoms with Crippen LogP contribution in [-0.4, -0.2) is 35.1 Å². The van der Waals surface area contributed by atoms with Crippen LogP contribution in [-0.2, 0) is 13.0 Å². The number of aromatic nitrogens is 2. The Labute approximate surface area is 121 Å². The van der Waals surface area contributed by atoms with Crippen LogP contribution in [0.15, 0.2) is 18.2 Å². The lowest BCUT2D eigenvalue weighted by Gasteiger charge is -2.09. The average Bonchev–Trinajstić information content (AvgIpc) is 2.77. The molecule has 0 fully saturated rings. The highest BCUT2D eigenvalue weighted by Crippen LogP contribution is 2.26. The number of carbonyl (C=O) groups is 1. The molecule has 0 aliphatic rings. The lowest BCUT2D eigenvalue weighted by molar-refractivity contribution is 0.248. The second-order valence-corrected chi connectivity index (χ2v) is 4.62. The molecule has 0 spiro atoms. The van der Waals surface area contributed by atoms with Gasteiger partial charge >= 0.3 is 6.03 Å². The summed E-state index contributed by atoms with van der Waals surface area (Å²) in [4.78, 5) is 15.3. The number of hydrogen-bond donors (Lipinski definition) is 2. The maximum atomic E-state index is 10.7. The van der Waals surface area contributed by atoms with Crippen molar-refractivity contribution in [3.8, 4) is 5.75 Å². The molecule has 2 aromatic rings. The minimum absolute atomic E-state index is 0.438. The molecule has 0 aliphatic heterocycles. The zero-order chi connectivity index (χ0) is 14.5. The number of rotatable bonds is 6. The lowest BCUT2D eigenvalue weighted by atomic mass is 10.3. The van der Waals surface area contributed by atoms with Gasteiger partial charge in [-0.3, -0.25) is 0 Å². The van der Waals surface area contributed by atoms with E-state index >= 15 is 0 Å². The van der Waals surface area contributed by atoms with Gasteiger partial charge in [-0.15, -0.1) is 11.6 Å². The summed E-state index contributed by atoms with van der Waals surface area (Å²) in [6, 6.07) is 5.20. The van der Waals surface area contributed by atoms with Gasteiger partial charge in [-0.25, -0.2) is 9.78 Å². The zero-order valence-electron chi connectivity index (χ0n) is 11.2. The number of carbonyl (C=O) groups excluding carboxylic acids is 1. The number of urea groups is 1. The third-order valence-corrected chi connectivity index (χ3v) is 3.18. The van der Waals surface area contributed by atoms with Crippen molar-refractivity contribution in [1.29, 1.82) is 0 Å². The number of para-hydroxylation sites is 1. The van der Waals surface area contributed by atoms with Crippen LogP contribution in [0.1, 0.15) is 5.82 Å². The van der Waals surface area contributed by atoms with E-state index in [1.807, 2.05) is 22.8 Å². The number of methoxy groups -OCH3 is 1. The molecule has 0 atom stereocenters. The second-order valence-electron chi connectivity index (χ2n) is 4.24. The molecule has 1 aromatic heterocycles. The van der Waals surface area contributed by atoms with Crippen LogP contribution in [0, 0.1) is 0 Å². The maximum Gasteiger partial charge on any atom is 0.312 e. The van der Waals surface area contributed by atoms with E-state index in [0.717, 1.165) is 22.6 Å². The lowest BCUT2D eigenvalue weighted by Crippen LogP contribution is -2.32. The first-order valence-electron chi connectivity index (χ1n) is 6.28. The molecule has 0 unspecified atom stereocenters. The van der Waals surface area contributed by atoms with Crippen molar-refractivity contribution in [2.75, 3.05) is 19.5 Å². The number of hydrogen-bond acceptors (Lipinski definition) is 3. The molecule has 20 heavy (non-hydrogen) atoms. The molecule has 0 radical (unpaired) electrons. The van der Waals surface area contributed by atoms with Crippen LogP contribution in [0.5, 0.6) is 5.75 Å². The van der Waals surface area contributed by atoms with E-state index in [2.05, 4.69) is 10.3 Å². The summed E-state index contributed by atoms with van der Waals surface area (Å²) in [5, 5.41) is 2.57. The number of imidazole rings is 1. The number of halogens is 1. The first kappa shape index (κ1) is 14.5. The van der Waals surface area contributed by atoms with Crippen molar-refractivity contribution in [2.24, 2.45) is 5.73 Å². The van der Waals surface area contributed by atoms with Crippen LogP contribution in [0.25, 0.3) is 11.0 Å². The largest absolute Gasteiger partial charge is 0.494 e. The van der Waals surface area contributed by atoms with Gasteiger partial charge in [0.1, 0.15) is 17.1 Å². The van der Waals surface area contributed by atoms with Crippen molar-refractivity contribution in [3.63, 3.8) is 0 Å². The van der Waals surface area contributed by atoms with Gasteiger partial charge < -0.3 is 20.4 Å². The summed E-state index contributed by atoms with van der Waals surface area (Å²) in [6.07, 6.45) is 0.649. The van der Waals surface area contributed by atoms with E-state index in [9.17, 15) is 4.79 Å². The van der Waals surface area contributed by atoms with Crippen LogP contribution >= 0.6 is 11.6 Å². The summed E-state index contributed by atoms with van der Waals surface area (Å²) < 4.78 is 7.34. The molecule has 7 heteroatoms. The fourth-order valence-electron chi connectivity index (χ4n) is 2.15. The van der Waals surface area contributed by atoms with Gasteiger partial charge in [-0.2, -0.15) is 0 Å². The summed E-state index contributed by atoms with van der Waals surface area (Å²) in [7, 11) is 1.61. The molecule has 2 amide bonds. The number of fused-ring (bicyclic) bond motifs is 1. The SMILES string of the molecule is COc1cccc2c1nc(CCCl)n2CCNC(N)=O. The smallest absolute Gasteiger partial charge is 0.312 e. The van der Waals surface area contributed by atoms with Crippen molar-refractivity contribution in [1.82, 2.24) is 14.9 Å². The van der Waals surface area contributed by atoms with Crippen LogP contribution in [0.2, 0.25) is 0 Å². The molecule has 1 heterocycles. The normalized spacial score (nSPS) is 10.7. The topological polar surface area (TPSA) is 82.2 Å². The molecule has 108 valence electrons. The van der Waals surface area contributed by atoms with Crippen molar-refractivity contribution < 1.29 is 9.53 Å². The molecule has 0 saturated heterocycles. The van der Waals surface area contributed by atoms with Crippen molar-refractivity contribution >= 4 is 28.7 Å². The fraction of sp³-hybridized carbons (Fsp3) is 0.385. The summed E-state index contributed by atoms with van der Waals surface area (Å²) in [6.45, 7) is 1.02. The minimum atomic E-state index is -0.536. The number of nitrogens with two attached hydrogens (primary N) is 1. The minimum Gasteiger partial charge on any atom is -0.494 e. The maximum absolute atomic E-state index is 10.7. The number of nitrogens with one attached hydrogen (secondary N) is 1. The monoisotopic (exact) mass is 296 g/mol. The first-order chi connectivity index (χ1) is 9.67. The Morgan fingerprint density at radius 1 is 1.55 bits per heavy atom. The fourth-order valence-corrected chi connectivity index (χ4v) is 2.32. The van der Waals surface area contributed by atoms with Gasteiger partial charge in [0.2, 0.25) is 0 Å². The van der Waals surface area contributed by atoms with Gasteiger partial charge in [0, 0.05) is 25.4 Å². The highest BCUT2D eigenvalue weighted by molar-refractivity contribution is 6.17. The summed E-state index contributed by atoms with van der Waals surface area (Å²) in [5.74, 6) is 2.07. The van der Waals surface area contributed by atoms with E-state index in [4.69, 9.17) is 22.1 Å². The van der Waals surface area contributed by atoms with Crippen LogP contribution in [0.4, 0.5) is 4.79 Å². The van der Waals surface area contributed by atoms with Crippen LogP contribution < -0.4 is 15.8 Å². The number of primary amides is 1. The molecule has 0 bridgehead atoms. The molecule has 0 saturated carbocycles. The number of nitrogens with zero attached hydrogens (tertiary/aromatic N) is 2. The number of benzene rings is 1. The van der Waals surface area contributed by atoms with Crippen molar-refractivity contribution in [3.05, 3.63) is 24.0 Å². The Morgan fingerprint density at radius 2 is 2.35 bits per heavy atom. The molecule has 2 rings (SSSR count). The highest BCUT2D eigenvalue weighted by atomic mass is 35.5. The van der Waals surface area contributed by atoms with Gasteiger partial charge in [-0.1, -0.05) is 6.07 Å². The van der Waals surface area contributed by atoms with Gasteiger partial charge in [-0.05, 0) is 12.1 Å². The molecule has 1 aromatic carbocycles. The van der Waals surface area contributed by atoms with E-state index in [1.165, 1.54) is 0 Å². The predicted molar refractivity (Wildman–Crippen MR) is 78.3 cm³/mol. The highest BCUT2D eigenvalue weighted by Gasteiger charge is 2.13. The number of aryl methyl sites for hydroxylation is 1. The van der Waals surface area contributed by atoms with Gasteiger partial charge in [0.25, 0.3) is 0 Å². The Hall–Kier alpha value is -1.95. The Kier molecular flexibility index (Phi) is 4.68. The van der Waals surface area contributed by atoms with E-state index < -0.39 is 6.03 Å². The molecular formula is C13H17ClN4O2. The van der Waals surface area contributed by atoms with E-state index in [-0.39, 0.29) is 0 Å². The standard InChI is InChI=1S/C13H17ClN4O2/c1-20-10-4-2-3-9-12(10)17-11(5-6-14)18(9)8-7-16-13(15)19/h2-4H,5-8H2,1H3,(H3,15,16,19). The Bertz CT molecular complexity index is 612. The molecular weight excluding hydrogens is 280 g/mol. The average molecular weight is 297 g/mol. The second kappa shape index (κ2) is 6.47. The zero-order valence-corrected chi connectivity index (χ0v) is 12.0. The number of alkyl halides is 1. The quantitative estimate of drug-likeness (QED) is 0.792. The van der Waals surface area contributed by atoms with Crippen LogP contribution in [0.3, 0.4) is 0 Å². The number of amides is 2. The van der Waals surface area contributed by atoms with Gasteiger partial charge in [0.15, 0.2) is 0 Å². The number of ether oxygens (including phenoxy) is 1. The Balaban J connectivity index is 2.38. The van der Waals surface area contributed by atoms with E-state index in [1.54, 1.807) is 7.11 Å². The molecule has 6 nitrogen and oxygen atoms in total. The summed E-state index contributed by atoms with van der Waals surface area (Å²) in [5.41, 5.74) is 6.83. The van der Waals surface area contributed by atoms with E-state index in [0.29, 0.717) is 25.4 Å². The third kappa shape index (κ3) is 2.96. The van der Waals surface area contributed by atoms with Gasteiger partial charge in [0.05, 0.1) is 12.6 Å². The Morgan fingerprint density at radius 3 is 3.00 bits per heavy atom. The summed E-state index contributed by atoms with van der Waals surface area (Å²) >= 11 is 5.82. The third-order valence-electron chi connectivity index (χ3n) is 2.99. The first-order valence-corrected chi connectivity index (χ1v) is 6.82. The van der Waals surface area contributed by atoms with Crippen molar-refractivity contribution in [2.45, 2.75) is 13.0 Å². The predicted octanol–water partition coefficient (Wildman–Crippen LogP) is 1.49. The molecule has 3 N–H and O–H groups in total. The molecule has 0 aliphatic carbocycles.